The molecule has 51 heavy (non-hydrogen) atoms. The minimum absolute atomic E-state index is 0.0517. The highest BCUT2D eigenvalue weighted by atomic mass is 19.1. The fourth-order valence-electron chi connectivity index (χ4n) is 7.36. The third-order valence-corrected chi connectivity index (χ3v) is 10.3. The van der Waals surface area contributed by atoms with Gasteiger partial charge in [-0.05, 0) is 86.5 Å². The van der Waals surface area contributed by atoms with Gasteiger partial charge in [-0.1, -0.05) is 36.4 Å². The number of hydrogen-bond donors (Lipinski definition) is 1. The second-order valence-corrected chi connectivity index (χ2v) is 13.4. The predicted octanol–water partition coefficient (Wildman–Crippen LogP) is 5.78. The van der Waals surface area contributed by atoms with Gasteiger partial charge in [0.25, 0.3) is 0 Å². The van der Waals surface area contributed by atoms with Crippen LogP contribution in [0.3, 0.4) is 0 Å². The highest BCUT2D eigenvalue weighted by Gasteiger charge is 2.35. The van der Waals surface area contributed by atoms with Crippen LogP contribution in [0.15, 0.2) is 48.5 Å². The molecule has 2 aromatic rings. The number of methoxy groups -OCH3 is 2. The number of rotatable bonds is 6. The van der Waals surface area contributed by atoms with Crippen LogP contribution < -0.4 is 10.2 Å². The number of carbonyl (C=O) groups excluding carboxylic acids is 6. The number of amides is 6. The van der Waals surface area contributed by atoms with E-state index in [9.17, 15) is 33.2 Å². The maximum absolute atomic E-state index is 12.8. The Balaban J connectivity index is 0.000000217. The molecule has 2 aromatic carbocycles. The highest BCUT2D eigenvalue weighted by Crippen LogP contribution is 2.33. The first-order valence-corrected chi connectivity index (χ1v) is 17.4. The Labute approximate surface area is 300 Å². The molecule has 0 atom stereocenters. The SMILES string of the molecule is COC(=O)C1CCC(CN2C(=O)Cc3ccccc3N(C)C2=O)CC1.COC(=O)C1CCC(CN2C(=O)Cc3ccccc3NC2=O)CC1.[2H]CF. The lowest BCUT2D eigenvalue weighted by molar-refractivity contribution is -0.147. The van der Waals surface area contributed by atoms with Crippen molar-refractivity contribution in [1.29, 1.82) is 0 Å². The topological polar surface area (TPSA) is 143 Å². The molecule has 6 rings (SSSR count). The average molecular weight is 710 g/mol. The van der Waals surface area contributed by atoms with Crippen LogP contribution in [0.5, 0.6) is 0 Å². The summed E-state index contributed by atoms with van der Waals surface area (Å²) in [5, 5.41) is 2.82. The van der Waals surface area contributed by atoms with Gasteiger partial charge in [0.05, 0.1) is 47.4 Å². The van der Waals surface area contributed by atoms with E-state index in [4.69, 9.17) is 10.8 Å². The maximum atomic E-state index is 12.8. The summed E-state index contributed by atoms with van der Waals surface area (Å²) >= 11 is 0. The number of hydrogen-bond acceptors (Lipinski definition) is 8. The molecule has 0 radical (unpaired) electrons. The third kappa shape index (κ3) is 9.71. The quantitative estimate of drug-likeness (QED) is 0.373. The summed E-state index contributed by atoms with van der Waals surface area (Å²) in [6.07, 6.45) is 6.78. The number of imide groups is 2. The van der Waals surface area contributed by atoms with Crippen LogP contribution in [0.1, 0.15) is 63.9 Å². The van der Waals surface area contributed by atoms with Crippen molar-refractivity contribution >= 4 is 47.2 Å². The van der Waals surface area contributed by atoms with Gasteiger partial charge in [0.2, 0.25) is 11.8 Å². The highest BCUT2D eigenvalue weighted by molar-refractivity contribution is 6.06. The number of benzene rings is 2. The molecule has 13 heteroatoms. The first kappa shape index (κ1) is 37.4. The minimum Gasteiger partial charge on any atom is -0.469 e. The van der Waals surface area contributed by atoms with E-state index in [-0.39, 0.29) is 72.3 Å². The number of urea groups is 2. The van der Waals surface area contributed by atoms with Crippen LogP contribution in [-0.2, 0) is 41.5 Å². The largest absolute Gasteiger partial charge is 0.469 e. The molecule has 6 amide bonds. The Kier molecular flexibility index (Phi) is 13.5. The number of alkyl halides is 1. The van der Waals surface area contributed by atoms with Crippen molar-refractivity contribution in [3.05, 3.63) is 59.7 Å². The summed E-state index contributed by atoms with van der Waals surface area (Å²) in [7, 11) is 3.53. The minimum atomic E-state index is -1.00. The standard InChI is InChI=1S/C19H24N2O4.C18H22N2O4.CH3F/c1-20-16-6-4-3-5-15(16)11-17(22)21(19(20)24)12-13-7-9-14(10-8-13)18(23)25-2;1-24-17(22)13-8-6-12(7-9-13)11-20-16(21)10-14-4-2-3-5-15(14)19-18(20)23;1-2/h3-6,13-14H,7-12H2,1-2H3;2-5,12-13H,6-11H2,1H3,(H,19,23);1H3/i;;1D. The number of ether oxygens (including phenoxy) is 2. The molecule has 2 heterocycles. The molecule has 2 fully saturated rings. The van der Waals surface area contributed by atoms with Gasteiger partial charge in [-0.3, -0.25) is 38.3 Å². The van der Waals surface area contributed by atoms with E-state index in [1.165, 1.54) is 24.0 Å². The monoisotopic (exact) mass is 709 g/mol. The zero-order valence-electron chi connectivity index (χ0n) is 30.6. The fourth-order valence-corrected chi connectivity index (χ4v) is 7.36. The predicted molar refractivity (Wildman–Crippen MR) is 188 cm³/mol. The molecule has 12 nitrogen and oxygen atoms in total. The van der Waals surface area contributed by atoms with Crippen molar-refractivity contribution in [3.63, 3.8) is 0 Å². The van der Waals surface area contributed by atoms with Gasteiger partial charge in [0.1, 0.15) is 0 Å². The molecule has 2 saturated carbocycles. The lowest BCUT2D eigenvalue weighted by atomic mass is 9.82. The summed E-state index contributed by atoms with van der Waals surface area (Å²) in [6, 6.07) is 14.3. The molecule has 0 bridgehead atoms. The molecular formula is C38H49FN4O8. The number of nitrogens with zero attached hydrogens (tertiary/aromatic N) is 3. The van der Waals surface area contributed by atoms with E-state index in [0.29, 0.717) is 18.8 Å². The van der Waals surface area contributed by atoms with Crippen molar-refractivity contribution < 1.29 is 44.0 Å². The number of nitrogens with one attached hydrogen (secondary N) is 1. The molecule has 1 N–H and O–H groups in total. The molecule has 4 aliphatic rings. The summed E-state index contributed by atoms with van der Waals surface area (Å²) in [6.45, 7) is 0.830. The normalized spacial score (nSPS) is 23.4. The number of halogens is 1. The van der Waals surface area contributed by atoms with Gasteiger partial charge in [-0.15, -0.1) is 0 Å². The van der Waals surface area contributed by atoms with Crippen molar-refractivity contribution in [1.82, 2.24) is 9.80 Å². The van der Waals surface area contributed by atoms with E-state index in [1.54, 1.807) is 11.9 Å². The van der Waals surface area contributed by atoms with E-state index in [1.807, 2.05) is 48.5 Å². The molecule has 2 aliphatic heterocycles. The molecule has 276 valence electrons. The Morgan fingerprint density at radius 2 is 1.20 bits per heavy atom. The molecule has 0 spiro atoms. The number of anilines is 2. The Hall–Kier alpha value is -4.81. The molecule has 0 saturated heterocycles. The van der Waals surface area contributed by atoms with E-state index in [2.05, 4.69) is 5.32 Å². The summed E-state index contributed by atoms with van der Waals surface area (Å²) < 4.78 is 25.1. The first-order valence-electron chi connectivity index (χ1n) is 18.1. The Morgan fingerprint density at radius 1 is 0.745 bits per heavy atom. The summed E-state index contributed by atoms with van der Waals surface area (Å²) in [5.74, 6) is -0.273. The first-order chi connectivity index (χ1) is 25.0. The Morgan fingerprint density at radius 3 is 1.75 bits per heavy atom. The lowest BCUT2D eigenvalue weighted by Crippen LogP contribution is -2.46. The van der Waals surface area contributed by atoms with Crippen molar-refractivity contribution in [2.24, 2.45) is 23.7 Å². The van der Waals surface area contributed by atoms with Crippen LogP contribution >= 0.6 is 0 Å². The smallest absolute Gasteiger partial charge is 0.330 e. The molecule has 0 aromatic heterocycles. The summed E-state index contributed by atoms with van der Waals surface area (Å²) in [4.78, 5) is 77.7. The second kappa shape index (κ2) is 18.4. The number of carbonyl (C=O) groups is 6. The third-order valence-electron chi connectivity index (χ3n) is 10.3. The van der Waals surface area contributed by atoms with Crippen molar-refractivity contribution in [3.8, 4) is 0 Å². The number of fused-ring (bicyclic) bond motifs is 2. The van der Waals surface area contributed by atoms with Crippen LogP contribution in [0.4, 0.5) is 25.4 Å². The van der Waals surface area contributed by atoms with Gasteiger partial charge < -0.3 is 14.8 Å². The van der Waals surface area contributed by atoms with Crippen LogP contribution in [0.25, 0.3) is 0 Å². The number of para-hydroxylation sites is 2. The zero-order chi connectivity index (χ0) is 37.8. The molecule has 0 unspecified atom stereocenters. The molecule has 2 aliphatic carbocycles. The van der Waals surface area contributed by atoms with Gasteiger partial charge in [-0.25, -0.2) is 9.59 Å². The van der Waals surface area contributed by atoms with Crippen molar-refractivity contribution in [2.45, 2.75) is 64.2 Å². The summed E-state index contributed by atoms with van der Waals surface area (Å²) in [5.41, 5.74) is 3.21. The molecular weight excluding hydrogens is 659 g/mol. The maximum Gasteiger partial charge on any atom is 0.330 e. The van der Waals surface area contributed by atoms with Crippen LogP contribution in [-0.4, -0.2) is 87.1 Å². The van der Waals surface area contributed by atoms with E-state index in [0.717, 1.165) is 68.2 Å². The number of esters is 2. The Bertz CT molecular complexity index is 1560. The van der Waals surface area contributed by atoms with Gasteiger partial charge in [-0.2, -0.15) is 0 Å². The van der Waals surface area contributed by atoms with Crippen LogP contribution in [0.2, 0.25) is 0 Å². The van der Waals surface area contributed by atoms with Crippen molar-refractivity contribution in [2.75, 3.05) is 51.7 Å². The van der Waals surface area contributed by atoms with Gasteiger partial charge >= 0.3 is 24.0 Å². The lowest BCUT2D eigenvalue weighted by Gasteiger charge is -2.31. The van der Waals surface area contributed by atoms with Crippen LogP contribution in [0, 0.1) is 23.7 Å². The van der Waals surface area contributed by atoms with E-state index < -0.39 is 7.15 Å². The second-order valence-electron chi connectivity index (χ2n) is 13.4. The average Bonchev–Trinajstić information content (AvgIpc) is 3.33. The van der Waals surface area contributed by atoms with E-state index >= 15 is 0 Å². The van der Waals surface area contributed by atoms with Gasteiger partial charge in [0, 0.05) is 31.5 Å². The fraction of sp³-hybridized carbons (Fsp3) is 0.526. The zero-order valence-corrected chi connectivity index (χ0v) is 29.6. The van der Waals surface area contributed by atoms with Gasteiger partial charge in [0.15, 0.2) is 0 Å².